The number of halogens is 1. The van der Waals surface area contributed by atoms with Gasteiger partial charge in [-0.25, -0.2) is 0 Å². The Bertz CT molecular complexity index is 1030. The van der Waals surface area contributed by atoms with Gasteiger partial charge in [-0.3, -0.25) is 9.78 Å². The second-order valence-corrected chi connectivity index (χ2v) is 7.92. The summed E-state index contributed by atoms with van der Waals surface area (Å²) < 4.78 is 0. The van der Waals surface area contributed by atoms with Crippen molar-refractivity contribution < 1.29 is 4.79 Å². The minimum atomic E-state index is -0.245. The van der Waals surface area contributed by atoms with Crippen LogP contribution in [0.15, 0.2) is 54.6 Å². The monoisotopic (exact) mass is 405 g/mol. The number of hydrogen-bond donors (Lipinski definition) is 2. The quantitative estimate of drug-likeness (QED) is 0.549. The number of aromatic nitrogens is 1. The molecule has 5 heteroatoms. The van der Waals surface area contributed by atoms with Crippen molar-refractivity contribution in [2.75, 3.05) is 5.32 Å². The maximum Gasteiger partial charge on any atom is 0.217 e. The van der Waals surface area contributed by atoms with Gasteiger partial charge in [-0.1, -0.05) is 35.9 Å². The first kappa shape index (κ1) is 19.5. The summed E-state index contributed by atoms with van der Waals surface area (Å²) in [5.41, 5.74) is 13.0. The van der Waals surface area contributed by atoms with Gasteiger partial charge in [0.25, 0.3) is 0 Å². The van der Waals surface area contributed by atoms with E-state index >= 15 is 0 Å². The fourth-order valence-corrected chi connectivity index (χ4v) is 4.02. The summed E-state index contributed by atoms with van der Waals surface area (Å²) in [5.74, 6) is -0.245. The number of anilines is 2. The van der Waals surface area contributed by atoms with Gasteiger partial charge in [0.05, 0.1) is 5.69 Å². The number of benzene rings is 2. The van der Waals surface area contributed by atoms with Crippen molar-refractivity contribution in [1.82, 2.24) is 4.98 Å². The molecular formula is C24H24ClN3O. The molecule has 0 aliphatic heterocycles. The maximum atomic E-state index is 10.9. The van der Waals surface area contributed by atoms with Crippen molar-refractivity contribution in [2.45, 2.75) is 38.5 Å². The molecule has 29 heavy (non-hydrogen) atoms. The summed E-state index contributed by atoms with van der Waals surface area (Å²) in [5, 5.41) is 4.30. The number of carbonyl (C=O) groups excluding carboxylic acids is 1. The molecule has 0 saturated carbocycles. The van der Waals surface area contributed by atoms with Gasteiger partial charge in [-0.2, -0.15) is 0 Å². The van der Waals surface area contributed by atoms with Crippen molar-refractivity contribution in [1.29, 1.82) is 0 Å². The van der Waals surface area contributed by atoms with E-state index in [0.717, 1.165) is 54.7 Å². The Kier molecular flexibility index (Phi) is 5.81. The van der Waals surface area contributed by atoms with Crippen LogP contribution in [0.1, 0.15) is 36.1 Å². The molecule has 4 rings (SSSR count). The zero-order valence-corrected chi connectivity index (χ0v) is 17.0. The molecule has 1 aliphatic carbocycles. The number of nitrogens with one attached hydrogen (secondary N) is 1. The van der Waals surface area contributed by atoms with E-state index < -0.39 is 0 Å². The van der Waals surface area contributed by atoms with Gasteiger partial charge in [0.1, 0.15) is 0 Å². The number of aryl methyl sites for hydroxylation is 2. The fraction of sp³-hybridized carbons (Fsp3) is 0.250. The molecule has 0 bridgehead atoms. The van der Waals surface area contributed by atoms with Gasteiger partial charge >= 0.3 is 0 Å². The van der Waals surface area contributed by atoms with E-state index in [1.165, 1.54) is 16.8 Å². The Morgan fingerprint density at radius 3 is 2.69 bits per heavy atom. The minimum absolute atomic E-state index is 0.245. The zero-order valence-electron chi connectivity index (χ0n) is 16.2. The highest BCUT2D eigenvalue weighted by Gasteiger charge is 2.19. The number of nitrogens with two attached hydrogens (primary N) is 1. The van der Waals surface area contributed by atoms with Crippen LogP contribution in [0.25, 0.3) is 11.3 Å². The maximum absolute atomic E-state index is 10.9. The fourth-order valence-electron chi connectivity index (χ4n) is 3.83. The van der Waals surface area contributed by atoms with Crippen LogP contribution >= 0.6 is 11.6 Å². The first-order valence-electron chi connectivity index (χ1n) is 10.0. The molecule has 3 aromatic rings. The molecule has 1 aliphatic rings. The number of pyridine rings is 1. The molecule has 1 amide bonds. The lowest BCUT2D eigenvalue weighted by Crippen LogP contribution is -2.10. The zero-order chi connectivity index (χ0) is 20.2. The number of amides is 1. The van der Waals surface area contributed by atoms with Crippen LogP contribution in [-0.2, 0) is 24.1 Å². The number of hydrogen-bond acceptors (Lipinski definition) is 3. The molecule has 3 N–H and O–H groups in total. The average Bonchev–Trinajstić information content (AvgIpc) is 3.18. The Morgan fingerprint density at radius 1 is 1.10 bits per heavy atom. The van der Waals surface area contributed by atoms with E-state index in [-0.39, 0.29) is 5.91 Å². The van der Waals surface area contributed by atoms with E-state index in [2.05, 4.69) is 35.6 Å². The van der Waals surface area contributed by atoms with Crippen LogP contribution in [0.3, 0.4) is 0 Å². The minimum Gasteiger partial charge on any atom is -0.370 e. The molecule has 0 unspecified atom stereocenters. The summed E-state index contributed by atoms with van der Waals surface area (Å²) in [7, 11) is 0. The van der Waals surface area contributed by atoms with Crippen LogP contribution in [0, 0.1) is 0 Å². The first-order chi connectivity index (χ1) is 14.1. The van der Waals surface area contributed by atoms with Gasteiger partial charge < -0.3 is 11.1 Å². The van der Waals surface area contributed by atoms with Gasteiger partial charge in [0.2, 0.25) is 5.91 Å². The number of fused-ring (bicyclic) bond motifs is 1. The third kappa shape index (κ3) is 4.77. The highest BCUT2D eigenvalue weighted by Crippen LogP contribution is 2.34. The normalized spacial score (nSPS) is 12.6. The SMILES string of the molecule is NC(=O)CCCc1ccc(Nc2cc(-c3cccc(Cl)c3)nc3c2CCC3)cc1. The van der Waals surface area contributed by atoms with Crippen LogP contribution in [-0.4, -0.2) is 10.9 Å². The lowest BCUT2D eigenvalue weighted by Gasteiger charge is -2.14. The van der Waals surface area contributed by atoms with Crippen LogP contribution in [0.4, 0.5) is 11.4 Å². The predicted molar refractivity (Wildman–Crippen MR) is 119 cm³/mol. The largest absolute Gasteiger partial charge is 0.370 e. The summed E-state index contributed by atoms with van der Waals surface area (Å²) in [4.78, 5) is 15.8. The van der Waals surface area contributed by atoms with Crippen molar-refractivity contribution in [3.8, 4) is 11.3 Å². The molecule has 0 fully saturated rings. The molecule has 148 valence electrons. The highest BCUT2D eigenvalue weighted by molar-refractivity contribution is 6.30. The van der Waals surface area contributed by atoms with Crippen molar-refractivity contribution in [3.05, 3.63) is 76.4 Å². The molecule has 2 aromatic carbocycles. The molecule has 0 radical (unpaired) electrons. The van der Waals surface area contributed by atoms with Crippen LogP contribution < -0.4 is 11.1 Å². The predicted octanol–water partition coefficient (Wildman–Crippen LogP) is 5.44. The van der Waals surface area contributed by atoms with Gasteiger partial charge in [-0.15, -0.1) is 0 Å². The second-order valence-electron chi connectivity index (χ2n) is 7.49. The summed E-state index contributed by atoms with van der Waals surface area (Å²) in [6.07, 6.45) is 5.25. The number of rotatable bonds is 7. The lowest BCUT2D eigenvalue weighted by atomic mass is 10.1. The van der Waals surface area contributed by atoms with Crippen molar-refractivity contribution in [3.63, 3.8) is 0 Å². The third-order valence-corrected chi connectivity index (χ3v) is 5.53. The summed E-state index contributed by atoms with van der Waals surface area (Å²) >= 11 is 6.18. The standard InChI is InChI=1S/C24H24ClN3O/c25-18-6-2-5-17(14-18)22-15-23(20-7-3-8-21(20)28-22)27-19-12-10-16(11-13-19)4-1-9-24(26)29/h2,5-6,10-15H,1,3-4,7-9H2,(H2,26,29)(H,27,28). The molecule has 1 aromatic heterocycles. The topological polar surface area (TPSA) is 68.0 Å². The van der Waals surface area contributed by atoms with E-state index in [4.69, 9.17) is 22.3 Å². The van der Waals surface area contributed by atoms with Crippen LogP contribution in [0.5, 0.6) is 0 Å². The van der Waals surface area contributed by atoms with Gasteiger partial charge in [-0.05, 0) is 73.6 Å². The third-order valence-electron chi connectivity index (χ3n) is 5.29. The second kappa shape index (κ2) is 8.66. The van der Waals surface area contributed by atoms with Gasteiger partial charge in [0, 0.05) is 34.1 Å². The summed E-state index contributed by atoms with van der Waals surface area (Å²) in [6.45, 7) is 0. The molecular weight excluding hydrogens is 382 g/mol. The molecule has 1 heterocycles. The Hall–Kier alpha value is -2.85. The smallest absolute Gasteiger partial charge is 0.217 e. The van der Waals surface area contributed by atoms with E-state index in [1.54, 1.807) is 0 Å². The van der Waals surface area contributed by atoms with E-state index in [9.17, 15) is 4.79 Å². The number of carbonyl (C=O) groups is 1. The first-order valence-corrected chi connectivity index (χ1v) is 10.4. The Morgan fingerprint density at radius 2 is 1.93 bits per heavy atom. The Labute approximate surface area is 176 Å². The molecule has 4 nitrogen and oxygen atoms in total. The van der Waals surface area contributed by atoms with Gasteiger partial charge in [0.15, 0.2) is 0 Å². The average molecular weight is 406 g/mol. The molecule has 0 saturated heterocycles. The molecule has 0 spiro atoms. The number of primary amides is 1. The molecule has 0 atom stereocenters. The number of nitrogens with zero attached hydrogens (tertiary/aromatic N) is 1. The van der Waals surface area contributed by atoms with E-state index in [0.29, 0.717) is 11.4 Å². The van der Waals surface area contributed by atoms with Crippen molar-refractivity contribution in [2.24, 2.45) is 5.73 Å². The van der Waals surface area contributed by atoms with Crippen molar-refractivity contribution >= 4 is 28.9 Å². The van der Waals surface area contributed by atoms with Crippen LogP contribution in [0.2, 0.25) is 5.02 Å². The lowest BCUT2D eigenvalue weighted by molar-refractivity contribution is -0.118. The van der Waals surface area contributed by atoms with E-state index in [1.807, 2.05) is 24.3 Å². The highest BCUT2D eigenvalue weighted by atomic mass is 35.5. The Balaban J connectivity index is 1.56. The summed E-state index contributed by atoms with van der Waals surface area (Å²) in [6, 6.07) is 18.3.